The number of likely N-dealkylation sites (tertiary alicyclic amines) is 1. The van der Waals surface area contributed by atoms with Crippen molar-refractivity contribution in [3.63, 3.8) is 0 Å². The van der Waals surface area contributed by atoms with Crippen molar-refractivity contribution in [2.75, 3.05) is 13.7 Å². The van der Waals surface area contributed by atoms with Crippen LogP contribution in [0.15, 0.2) is 54.6 Å². The van der Waals surface area contributed by atoms with Gasteiger partial charge in [-0.2, -0.15) is 0 Å². The van der Waals surface area contributed by atoms with E-state index in [9.17, 15) is 9.90 Å². The number of hydrogen-bond acceptors (Lipinski definition) is 3. The summed E-state index contributed by atoms with van der Waals surface area (Å²) in [6.45, 7) is 1.60. The monoisotopic (exact) mass is 339 g/mol. The molecule has 0 saturated carbocycles. The molecule has 1 N–H and O–H groups in total. The van der Waals surface area contributed by atoms with Crippen LogP contribution in [0.1, 0.15) is 34.3 Å². The van der Waals surface area contributed by atoms with Crippen LogP contribution in [-0.4, -0.2) is 41.8 Å². The maximum absolute atomic E-state index is 11.5. The molecule has 1 fully saturated rings. The molecule has 4 nitrogen and oxygen atoms in total. The lowest BCUT2D eigenvalue weighted by molar-refractivity contribution is -0.0218. The van der Waals surface area contributed by atoms with Gasteiger partial charge in [0.1, 0.15) is 0 Å². The zero-order valence-corrected chi connectivity index (χ0v) is 14.6. The van der Waals surface area contributed by atoms with Gasteiger partial charge in [-0.1, -0.05) is 48.5 Å². The molecule has 0 bridgehead atoms. The number of piperidine rings is 1. The second-order valence-electron chi connectivity index (χ2n) is 6.61. The molecule has 3 rings (SSSR count). The molecule has 0 spiro atoms. The van der Waals surface area contributed by atoms with Crippen molar-refractivity contribution in [1.82, 2.24) is 4.90 Å². The quantitative estimate of drug-likeness (QED) is 0.873. The normalized spacial score (nSPS) is 21.2. The van der Waals surface area contributed by atoms with Gasteiger partial charge in [0, 0.05) is 19.7 Å². The van der Waals surface area contributed by atoms with Crippen molar-refractivity contribution in [1.29, 1.82) is 0 Å². The van der Waals surface area contributed by atoms with Crippen molar-refractivity contribution in [3.05, 3.63) is 71.3 Å². The Kier molecular flexibility index (Phi) is 5.84. The summed E-state index contributed by atoms with van der Waals surface area (Å²) in [7, 11) is 1.78. The van der Waals surface area contributed by atoms with E-state index in [1.165, 1.54) is 5.56 Å². The van der Waals surface area contributed by atoms with Crippen molar-refractivity contribution in [2.45, 2.75) is 38.0 Å². The molecule has 0 aliphatic carbocycles. The molecule has 0 amide bonds. The van der Waals surface area contributed by atoms with E-state index in [-0.39, 0.29) is 12.1 Å². The predicted molar refractivity (Wildman–Crippen MR) is 97.8 cm³/mol. The van der Waals surface area contributed by atoms with Crippen LogP contribution in [0.2, 0.25) is 0 Å². The van der Waals surface area contributed by atoms with Crippen LogP contribution in [0.5, 0.6) is 0 Å². The molecule has 132 valence electrons. The van der Waals surface area contributed by atoms with Gasteiger partial charge in [-0.3, -0.25) is 4.90 Å². The standard InChI is InChI=1S/C21H25NO3/c1-25-20-12-7-13-22(19(20)14-16-8-3-2-4-9-16)15-17-10-5-6-11-18(17)21(23)24/h2-6,8-11,19-20H,7,12-15H2,1H3,(H,23,24)/t19-,20-/m0/s1. The highest BCUT2D eigenvalue weighted by Crippen LogP contribution is 2.26. The number of benzene rings is 2. The molecular formula is C21H25NO3. The summed E-state index contributed by atoms with van der Waals surface area (Å²) in [6.07, 6.45) is 3.20. The first-order chi connectivity index (χ1) is 12.2. The fourth-order valence-electron chi connectivity index (χ4n) is 3.76. The lowest BCUT2D eigenvalue weighted by Crippen LogP contribution is -2.49. The summed E-state index contributed by atoms with van der Waals surface area (Å²) >= 11 is 0. The molecule has 25 heavy (non-hydrogen) atoms. The first kappa shape index (κ1) is 17.6. The number of carboxylic acids is 1. The SMILES string of the molecule is CO[C@H]1CCCN(Cc2ccccc2C(=O)O)[C@H]1Cc1ccccc1. The molecular weight excluding hydrogens is 314 g/mol. The van der Waals surface area contributed by atoms with Crippen LogP contribution in [0, 0.1) is 0 Å². The summed E-state index contributed by atoms with van der Waals surface area (Å²) in [6, 6.07) is 18.0. The van der Waals surface area contributed by atoms with E-state index in [0.29, 0.717) is 12.1 Å². The number of aromatic carboxylic acids is 1. The number of nitrogens with zero attached hydrogens (tertiary/aromatic N) is 1. The molecule has 1 aliphatic rings. The smallest absolute Gasteiger partial charge is 0.336 e. The van der Waals surface area contributed by atoms with Crippen LogP contribution < -0.4 is 0 Å². The second-order valence-corrected chi connectivity index (χ2v) is 6.61. The summed E-state index contributed by atoms with van der Waals surface area (Å²) in [4.78, 5) is 13.9. The van der Waals surface area contributed by atoms with E-state index < -0.39 is 5.97 Å². The third-order valence-corrected chi connectivity index (χ3v) is 5.04. The number of ether oxygens (including phenoxy) is 1. The predicted octanol–water partition coefficient (Wildman–Crippen LogP) is 3.61. The Balaban J connectivity index is 1.83. The van der Waals surface area contributed by atoms with Crippen LogP contribution >= 0.6 is 0 Å². The number of carboxylic acid groups (broad SMARTS) is 1. The minimum atomic E-state index is -0.865. The summed E-state index contributed by atoms with van der Waals surface area (Å²) in [5.41, 5.74) is 2.54. The van der Waals surface area contributed by atoms with Gasteiger partial charge < -0.3 is 9.84 Å². The van der Waals surface area contributed by atoms with Crippen molar-refractivity contribution in [3.8, 4) is 0 Å². The Morgan fingerprint density at radius 1 is 1.16 bits per heavy atom. The van der Waals surface area contributed by atoms with Gasteiger partial charge in [0.25, 0.3) is 0 Å². The van der Waals surface area contributed by atoms with Gasteiger partial charge in [-0.15, -0.1) is 0 Å². The maximum atomic E-state index is 11.5. The topological polar surface area (TPSA) is 49.8 Å². The molecule has 2 aromatic rings. The van der Waals surface area contributed by atoms with Gasteiger partial charge in [0.05, 0.1) is 11.7 Å². The molecule has 2 aromatic carbocycles. The Labute approximate surface area is 149 Å². The number of methoxy groups -OCH3 is 1. The van der Waals surface area contributed by atoms with E-state index in [4.69, 9.17) is 4.74 Å². The molecule has 4 heteroatoms. The van der Waals surface area contributed by atoms with E-state index in [2.05, 4.69) is 29.2 Å². The Hall–Kier alpha value is -2.17. The van der Waals surface area contributed by atoms with Gasteiger partial charge in [-0.25, -0.2) is 4.79 Å². The minimum absolute atomic E-state index is 0.172. The lowest BCUT2D eigenvalue weighted by Gasteiger charge is -2.41. The molecule has 0 radical (unpaired) electrons. The molecule has 0 aromatic heterocycles. The first-order valence-electron chi connectivity index (χ1n) is 8.81. The Bertz CT molecular complexity index is 701. The van der Waals surface area contributed by atoms with E-state index in [0.717, 1.165) is 31.4 Å². The van der Waals surface area contributed by atoms with E-state index in [1.807, 2.05) is 18.2 Å². The van der Waals surface area contributed by atoms with Crippen molar-refractivity contribution < 1.29 is 14.6 Å². The Morgan fingerprint density at radius 3 is 2.60 bits per heavy atom. The molecule has 2 atom stereocenters. The minimum Gasteiger partial charge on any atom is -0.478 e. The zero-order valence-electron chi connectivity index (χ0n) is 14.6. The van der Waals surface area contributed by atoms with Crippen LogP contribution in [0.25, 0.3) is 0 Å². The molecule has 1 heterocycles. The van der Waals surface area contributed by atoms with Crippen molar-refractivity contribution >= 4 is 5.97 Å². The zero-order chi connectivity index (χ0) is 17.6. The van der Waals surface area contributed by atoms with E-state index >= 15 is 0 Å². The van der Waals surface area contributed by atoms with Crippen molar-refractivity contribution in [2.24, 2.45) is 0 Å². The van der Waals surface area contributed by atoms with Gasteiger partial charge >= 0.3 is 5.97 Å². The van der Waals surface area contributed by atoms with Gasteiger partial charge in [-0.05, 0) is 43.0 Å². The summed E-state index contributed by atoms with van der Waals surface area (Å²) in [5, 5.41) is 9.45. The third-order valence-electron chi connectivity index (χ3n) is 5.04. The highest BCUT2D eigenvalue weighted by molar-refractivity contribution is 5.89. The molecule has 0 unspecified atom stereocenters. The van der Waals surface area contributed by atoms with Crippen LogP contribution in [0.3, 0.4) is 0 Å². The Morgan fingerprint density at radius 2 is 1.88 bits per heavy atom. The second kappa shape index (κ2) is 8.28. The number of rotatable bonds is 6. The van der Waals surface area contributed by atoms with Gasteiger partial charge in [0.15, 0.2) is 0 Å². The average Bonchev–Trinajstić information content (AvgIpc) is 2.64. The largest absolute Gasteiger partial charge is 0.478 e. The first-order valence-corrected chi connectivity index (χ1v) is 8.81. The number of hydrogen-bond donors (Lipinski definition) is 1. The summed E-state index contributed by atoms with van der Waals surface area (Å²) < 4.78 is 5.76. The van der Waals surface area contributed by atoms with Gasteiger partial charge in [0.2, 0.25) is 0 Å². The third kappa shape index (κ3) is 4.27. The van der Waals surface area contributed by atoms with Crippen LogP contribution in [0.4, 0.5) is 0 Å². The maximum Gasteiger partial charge on any atom is 0.336 e. The molecule has 1 saturated heterocycles. The average molecular weight is 339 g/mol. The molecule has 1 aliphatic heterocycles. The highest BCUT2D eigenvalue weighted by Gasteiger charge is 2.32. The van der Waals surface area contributed by atoms with E-state index in [1.54, 1.807) is 19.2 Å². The van der Waals surface area contributed by atoms with Crippen LogP contribution in [-0.2, 0) is 17.7 Å². The number of carbonyl (C=O) groups is 1. The fraction of sp³-hybridized carbons (Fsp3) is 0.381. The highest BCUT2D eigenvalue weighted by atomic mass is 16.5. The summed E-state index contributed by atoms with van der Waals surface area (Å²) in [5.74, 6) is -0.865. The fourth-order valence-corrected chi connectivity index (χ4v) is 3.76. The lowest BCUT2D eigenvalue weighted by atomic mass is 9.92.